The van der Waals surface area contributed by atoms with E-state index >= 15 is 0 Å². The van der Waals surface area contributed by atoms with Crippen molar-refractivity contribution in [2.24, 2.45) is 0 Å². The molecule has 5 rings (SSSR count). The summed E-state index contributed by atoms with van der Waals surface area (Å²) in [5, 5.41) is 7.03. The van der Waals surface area contributed by atoms with Gasteiger partial charge in [0, 0.05) is 42.2 Å². The van der Waals surface area contributed by atoms with Crippen molar-refractivity contribution < 1.29 is 23.7 Å². The van der Waals surface area contributed by atoms with E-state index in [1.807, 2.05) is 24.3 Å². The summed E-state index contributed by atoms with van der Waals surface area (Å²) in [5.41, 5.74) is 5.95. The topological polar surface area (TPSA) is 70.2 Å². The van der Waals surface area contributed by atoms with E-state index in [4.69, 9.17) is 23.7 Å². The minimum atomic E-state index is 0.107. The first kappa shape index (κ1) is 28.3. The van der Waals surface area contributed by atoms with Crippen LogP contribution in [0.3, 0.4) is 0 Å². The van der Waals surface area contributed by atoms with E-state index in [1.54, 1.807) is 14.2 Å². The Morgan fingerprint density at radius 3 is 2.58 bits per heavy atom. The zero-order valence-electron chi connectivity index (χ0n) is 23.7. The molecule has 7 heteroatoms. The van der Waals surface area contributed by atoms with Crippen LogP contribution in [-0.4, -0.2) is 53.2 Å². The van der Waals surface area contributed by atoms with Gasteiger partial charge >= 0.3 is 0 Å². The smallest absolute Gasteiger partial charge is 0.124 e. The number of benzene rings is 3. The first-order valence-electron chi connectivity index (χ1n) is 14.4. The number of ether oxygens (including phenoxy) is 5. The molecule has 3 aromatic rings. The van der Waals surface area contributed by atoms with E-state index in [0.29, 0.717) is 32.3 Å². The van der Waals surface area contributed by atoms with Crippen LogP contribution in [0.2, 0.25) is 0 Å². The number of para-hydroxylation sites is 1. The molecule has 2 aliphatic rings. The fraction of sp³-hybridized carbons (Fsp3) is 0.455. The number of fused-ring (bicyclic) bond motifs is 1. The van der Waals surface area contributed by atoms with Gasteiger partial charge in [-0.2, -0.15) is 0 Å². The molecule has 7 nitrogen and oxygen atoms in total. The van der Waals surface area contributed by atoms with Crippen LogP contribution in [-0.2, 0) is 29.1 Å². The Kier molecular flexibility index (Phi) is 10.2. The molecule has 1 saturated heterocycles. The van der Waals surface area contributed by atoms with Gasteiger partial charge in [0.05, 0.1) is 46.8 Å². The fourth-order valence-electron chi connectivity index (χ4n) is 5.63. The van der Waals surface area contributed by atoms with E-state index in [9.17, 15) is 0 Å². The van der Waals surface area contributed by atoms with Crippen molar-refractivity contribution in [1.82, 2.24) is 5.32 Å². The highest BCUT2D eigenvalue weighted by Crippen LogP contribution is 2.34. The van der Waals surface area contributed by atoms with E-state index in [1.165, 1.54) is 16.8 Å². The summed E-state index contributed by atoms with van der Waals surface area (Å²) in [6.45, 7) is 5.20. The summed E-state index contributed by atoms with van der Waals surface area (Å²) < 4.78 is 29.4. The third-order valence-corrected chi connectivity index (χ3v) is 7.76. The van der Waals surface area contributed by atoms with Crippen LogP contribution in [0, 0.1) is 0 Å². The van der Waals surface area contributed by atoms with Crippen LogP contribution < -0.4 is 24.8 Å². The van der Waals surface area contributed by atoms with Crippen molar-refractivity contribution in [2.45, 2.75) is 50.9 Å². The highest BCUT2D eigenvalue weighted by molar-refractivity contribution is 5.61. The van der Waals surface area contributed by atoms with Gasteiger partial charge in [0.2, 0.25) is 0 Å². The molecule has 0 spiro atoms. The van der Waals surface area contributed by atoms with Gasteiger partial charge in [-0.3, -0.25) is 0 Å². The van der Waals surface area contributed by atoms with E-state index in [2.05, 4.69) is 47.0 Å². The lowest BCUT2D eigenvalue weighted by molar-refractivity contribution is 0.0105. The van der Waals surface area contributed by atoms with Gasteiger partial charge in [-0.05, 0) is 67.3 Å². The van der Waals surface area contributed by atoms with Gasteiger partial charge < -0.3 is 34.3 Å². The third kappa shape index (κ3) is 7.27. The summed E-state index contributed by atoms with van der Waals surface area (Å²) in [5.74, 6) is 3.04. The van der Waals surface area contributed by atoms with Crippen molar-refractivity contribution >= 4 is 5.69 Å². The number of hydrogen-bond donors (Lipinski definition) is 2. The maximum atomic E-state index is 6.51. The Bertz CT molecular complexity index is 1200. The normalized spacial score (nSPS) is 18.4. The summed E-state index contributed by atoms with van der Waals surface area (Å²) in [4.78, 5) is 0. The van der Waals surface area contributed by atoms with Gasteiger partial charge in [0.15, 0.2) is 0 Å². The zero-order chi connectivity index (χ0) is 27.6. The number of hydrogen-bond acceptors (Lipinski definition) is 7. The molecule has 0 unspecified atom stereocenters. The molecule has 1 fully saturated rings. The molecule has 214 valence electrons. The van der Waals surface area contributed by atoms with E-state index < -0.39 is 0 Å². The quantitative estimate of drug-likeness (QED) is 0.266. The molecule has 3 aromatic carbocycles. The molecule has 40 heavy (non-hydrogen) atoms. The Morgan fingerprint density at radius 1 is 0.875 bits per heavy atom. The lowest BCUT2D eigenvalue weighted by Crippen LogP contribution is -2.40. The van der Waals surface area contributed by atoms with Crippen molar-refractivity contribution in [1.29, 1.82) is 0 Å². The second kappa shape index (κ2) is 14.4. The van der Waals surface area contributed by atoms with Crippen LogP contribution in [0.25, 0.3) is 0 Å². The summed E-state index contributed by atoms with van der Waals surface area (Å²) in [6, 6.07) is 20.8. The Labute approximate surface area is 238 Å². The van der Waals surface area contributed by atoms with Gasteiger partial charge in [-0.15, -0.1) is 0 Å². The van der Waals surface area contributed by atoms with Crippen molar-refractivity contribution in [3.8, 4) is 17.2 Å². The van der Waals surface area contributed by atoms with Gasteiger partial charge in [-0.1, -0.05) is 30.3 Å². The minimum absolute atomic E-state index is 0.107. The lowest BCUT2D eigenvalue weighted by atomic mass is 9.87. The second-order valence-corrected chi connectivity index (χ2v) is 10.4. The minimum Gasteiger partial charge on any atom is -0.496 e. The maximum Gasteiger partial charge on any atom is 0.124 e. The second-order valence-electron chi connectivity index (χ2n) is 10.4. The Hall–Kier alpha value is -3.26. The van der Waals surface area contributed by atoms with Gasteiger partial charge in [0.25, 0.3) is 0 Å². The molecule has 2 atom stereocenters. The third-order valence-electron chi connectivity index (χ3n) is 7.76. The number of rotatable bonds is 13. The number of methoxy groups -OCH3 is 2. The summed E-state index contributed by atoms with van der Waals surface area (Å²) >= 11 is 0. The highest BCUT2D eigenvalue weighted by Gasteiger charge is 2.27. The van der Waals surface area contributed by atoms with Gasteiger partial charge in [-0.25, -0.2) is 0 Å². The van der Waals surface area contributed by atoms with E-state index in [0.717, 1.165) is 73.7 Å². The van der Waals surface area contributed by atoms with Crippen LogP contribution >= 0.6 is 0 Å². The lowest BCUT2D eigenvalue weighted by Gasteiger charge is -2.33. The van der Waals surface area contributed by atoms with E-state index in [-0.39, 0.29) is 6.10 Å². The SMILES string of the molecule is COc1ccccc1COCCCOc1ccc([C@H]2CCNC[C@@H]2OCc2cc3c(c(OC)c2)CCCN3)cc1. The van der Waals surface area contributed by atoms with Gasteiger partial charge in [0.1, 0.15) is 17.2 Å². The molecular formula is C33H42N2O5. The number of nitrogens with one attached hydrogen (secondary N) is 2. The molecule has 0 amide bonds. The van der Waals surface area contributed by atoms with Crippen molar-refractivity contribution in [3.05, 3.63) is 82.9 Å². The van der Waals surface area contributed by atoms with Crippen LogP contribution in [0.15, 0.2) is 60.7 Å². The highest BCUT2D eigenvalue weighted by atomic mass is 16.5. The van der Waals surface area contributed by atoms with Crippen molar-refractivity contribution in [2.75, 3.05) is 52.4 Å². The molecule has 0 bridgehead atoms. The molecule has 0 aliphatic carbocycles. The molecule has 2 aliphatic heterocycles. The predicted molar refractivity (Wildman–Crippen MR) is 158 cm³/mol. The zero-order valence-corrected chi connectivity index (χ0v) is 23.7. The van der Waals surface area contributed by atoms with Crippen LogP contribution in [0.4, 0.5) is 5.69 Å². The maximum absolute atomic E-state index is 6.51. The first-order valence-corrected chi connectivity index (χ1v) is 14.4. The van der Waals surface area contributed by atoms with Crippen molar-refractivity contribution in [3.63, 3.8) is 0 Å². The molecule has 0 radical (unpaired) electrons. The molecule has 0 aromatic heterocycles. The fourth-order valence-corrected chi connectivity index (χ4v) is 5.63. The molecule has 0 saturated carbocycles. The van der Waals surface area contributed by atoms with Crippen LogP contribution in [0.1, 0.15) is 47.4 Å². The molecular weight excluding hydrogens is 504 g/mol. The first-order chi connectivity index (χ1) is 19.7. The standard InChI is InChI=1S/C33H42N2O5/c1-36-31-9-4-3-7-26(31)23-38-17-6-18-39-27-12-10-25(11-13-27)28-14-16-34-21-33(28)40-22-24-19-30-29(8-5-15-35-30)32(20-24)37-2/h3-4,7,9-13,19-20,28,33-35H,5-6,8,14-18,21-23H2,1-2H3/t28-,33+/m1/s1. The Morgan fingerprint density at radius 2 is 1.73 bits per heavy atom. The average molecular weight is 547 g/mol. The molecule has 2 N–H and O–H groups in total. The predicted octanol–water partition coefficient (Wildman–Crippen LogP) is 5.71. The Balaban J connectivity index is 1.09. The summed E-state index contributed by atoms with van der Waals surface area (Å²) in [7, 11) is 3.43. The monoisotopic (exact) mass is 546 g/mol. The molecule has 2 heterocycles. The number of anilines is 1. The van der Waals surface area contributed by atoms with Crippen LogP contribution in [0.5, 0.6) is 17.2 Å². The summed E-state index contributed by atoms with van der Waals surface area (Å²) in [6.07, 6.45) is 4.17. The number of piperidine rings is 1. The largest absolute Gasteiger partial charge is 0.496 e. The average Bonchev–Trinajstić information content (AvgIpc) is 3.02.